The van der Waals surface area contributed by atoms with Crippen LogP contribution in [-0.4, -0.2) is 31.1 Å². The molecule has 1 amide bonds. The first kappa shape index (κ1) is 17.1. The maximum Gasteiger partial charge on any atom is 0.412 e. The summed E-state index contributed by atoms with van der Waals surface area (Å²) >= 11 is 0. The third-order valence-electron chi connectivity index (χ3n) is 2.46. The highest BCUT2D eigenvalue weighted by Gasteiger charge is 2.19. The molecule has 1 aromatic carbocycles. The molecule has 0 bridgehead atoms. The average molecular weight is 298 g/mol. The van der Waals surface area contributed by atoms with E-state index >= 15 is 0 Å². The number of ether oxygens (including phenoxy) is 3. The van der Waals surface area contributed by atoms with Gasteiger partial charge in [0.2, 0.25) is 0 Å². The lowest BCUT2D eigenvalue weighted by Gasteiger charge is -2.21. The molecule has 0 saturated heterocycles. The minimum atomic E-state index is -0.605. The molecule has 1 rings (SSSR count). The molecule has 0 aliphatic carbocycles. The molecule has 0 fully saturated rings. The van der Waals surface area contributed by atoms with Gasteiger partial charge in [0.25, 0.3) is 0 Å². The smallest absolute Gasteiger partial charge is 0.412 e. The van der Waals surface area contributed by atoms with Crippen LogP contribution in [0.3, 0.4) is 0 Å². The zero-order valence-electron chi connectivity index (χ0n) is 12.9. The van der Waals surface area contributed by atoms with Gasteiger partial charge in [0.05, 0.1) is 19.9 Å². The van der Waals surface area contributed by atoms with Crippen LogP contribution >= 0.6 is 0 Å². The number of carbonyl (C=O) groups is 1. The second-order valence-electron chi connectivity index (χ2n) is 5.34. The van der Waals surface area contributed by atoms with Gasteiger partial charge in [-0.15, -0.1) is 0 Å². The Balaban J connectivity index is 3.08. The number of hydrogen-bond donors (Lipinski definition) is 3. The molecule has 0 radical (unpaired) electrons. The third-order valence-corrected chi connectivity index (χ3v) is 2.46. The van der Waals surface area contributed by atoms with E-state index in [4.69, 9.17) is 19.4 Å². The van der Waals surface area contributed by atoms with Crippen molar-refractivity contribution in [2.75, 3.05) is 19.5 Å². The number of carbonyl (C=O) groups excluding carboxylic acids is 1. The molecule has 0 aliphatic rings. The van der Waals surface area contributed by atoms with Gasteiger partial charge in [-0.2, -0.15) is 0 Å². The lowest BCUT2D eigenvalue weighted by molar-refractivity contribution is 0.0635. The van der Waals surface area contributed by atoms with E-state index in [9.17, 15) is 4.79 Å². The summed E-state index contributed by atoms with van der Waals surface area (Å²) in [6.07, 6.45) is -0.600. The first-order valence-electron chi connectivity index (χ1n) is 6.42. The normalized spacial score (nSPS) is 11.0. The molecule has 118 valence electrons. The highest BCUT2D eigenvalue weighted by atomic mass is 16.6. The summed E-state index contributed by atoms with van der Waals surface area (Å²) in [5, 5.41) is 11.4. The Hall–Kier alpha value is -1.99. The van der Waals surface area contributed by atoms with Crippen LogP contribution in [0.4, 0.5) is 10.5 Å². The van der Waals surface area contributed by atoms with Crippen LogP contribution < -0.4 is 20.3 Å². The van der Waals surface area contributed by atoms with Crippen molar-refractivity contribution < 1.29 is 24.2 Å². The molecule has 0 unspecified atom stereocenters. The highest BCUT2D eigenvalue weighted by molar-refractivity contribution is 5.88. The van der Waals surface area contributed by atoms with Crippen molar-refractivity contribution in [2.24, 2.45) is 0 Å². The zero-order valence-corrected chi connectivity index (χ0v) is 12.9. The Bertz CT molecular complexity index is 497. The van der Waals surface area contributed by atoms with E-state index in [1.165, 1.54) is 14.2 Å². The molecule has 1 aromatic rings. The minimum absolute atomic E-state index is 0.198. The maximum absolute atomic E-state index is 11.9. The van der Waals surface area contributed by atoms with Crippen molar-refractivity contribution in [3.8, 4) is 11.5 Å². The molecular weight excluding hydrogens is 276 g/mol. The molecular formula is C14H22N2O5. The number of amides is 1. The first-order valence-corrected chi connectivity index (χ1v) is 6.42. The van der Waals surface area contributed by atoms with Gasteiger partial charge < -0.3 is 19.4 Å². The topological polar surface area (TPSA) is 89.1 Å². The zero-order chi connectivity index (χ0) is 16.0. The molecule has 0 saturated carbocycles. The monoisotopic (exact) mass is 298 g/mol. The molecule has 0 spiro atoms. The molecule has 0 heterocycles. The van der Waals surface area contributed by atoms with Crippen molar-refractivity contribution in [1.29, 1.82) is 0 Å². The minimum Gasteiger partial charge on any atom is -0.493 e. The fourth-order valence-electron chi connectivity index (χ4n) is 1.72. The van der Waals surface area contributed by atoms with Crippen LogP contribution in [0, 0.1) is 0 Å². The average Bonchev–Trinajstić information content (AvgIpc) is 2.36. The fourth-order valence-corrected chi connectivity index (χ4v) is 1.72. The van der Waals surface area contributed by atoms with Crippen molar-refractivity contribution in [3.63, 3.8) is 0 Å². The van der Waals surface area contributed by atoms with Gasteiger partial charge in [0, 0.05) is 6.54 Å². The molecule has 0 aliphatic heterocycles. The van der Waals surface area contributed by atoms with Gasteiger partial charge in [0.1, 0.15) is 5.60 Å². The van der Waals surface area contributed by atoms with Crippen LogP contribution in [0.5, 0.6) is 11.5 Å². The molecule has 7 nitrogen and oxygen atoms in total. The molecule has 0 atom stereocenters. The van der Waals surface area contributed by atoms with Crippen LogP contribution in [0.1, 0.15) is 26.3 Å². The first-order chi connectivity index (χ1) is 9.80. The fraction of sp³-hybridized carbons (Fsp3) is 0.500. The highest BCUT2D eigenvalue weighted by Crippen LogP contribution is 2.36. The van der Waals surface area contributed by atoms with Gasteiger partial charge in [-0.25, -0.2) is 10.3 Å². The number of nitrogens with one attached hydrogen (secondary N) is 2. The number of hydrogen-bond acceptors (Lipinski definition) is 6. The number of rotatable bonds is 5. The summed E-state index contributed by atoms with van der Waals surface area (Å²) in [5.74, 6) is 0.821. The Morgan fingerprint density at radius 1 is 1.24 bits per heavy atom. The molecule has 3 N–H and O–H groups in total. The second kappa shape index (κ2) is 7.14. The molecule has 21 heavy (non-hydrogen) atoms. The standard InChI is InChI=1S/C14H22N2O5/c1-14(2,3)21-13(17)16-10-6-9(8-15-18)7-11(19-4)12(10)20-5/h6-7,15,18H,8H2,1-5H3,(H,16,17). The van der Waals surface area contributed by atoms with E-state index in [-0.39, 0.29) is 6.54 Å². The largest absolute Gasteiger partial charge is 0.493 e. The van der Waals surface area contributed by atoms with E-state index in [0.29, 0.717) is 22.7 Å². The van der Waals surface area contributed by atoms with E-state index in [1.54, 1.807) is 32.9 Å². The van der Waals surface area contributed by atoms with Crippen LogP contribution in [0.2, 0.25) is 0 Å². The number of hydroxylamine groups is 1. The summed E-state index contributed by atoms with van der Waals surface area (Å²) in [6.45, 7) is 5.52. The number of methoxy groups -OCH3 is 2. The quantitative estimate of drug-likeness (QED) is 0.724. The summed E-state index contributed by atoms with van der Waals surface area (Å²) in [5.41, 5.74) is 2.55. The summed E-state index contributed by atoms with van der Waals surface area (Å²) in [7, 11) is 2.97. The van der Waals surface area contributed by atoms with Gasteiger partial charge in [-0.1, -0.05) is 0 Å². The van der Waals surface area contributed by atoms with Crippen molar-refractivity contribution >= 4 is 11.8 Å². The van der Waals surface area contributed by atoms with Crippen molar-refractivity contribution in [1.82, 2.24) is 5.48 Å². The lowest BCUT2D eigenvalue weighted by atomic mass is 10.1. The van der Waals surface area contributed by atoms with E-state index < -0.39 is 11.7 Å². The van der Waals surface area contributed by atoms with Crippen molar-refractivity contribution in [3.05, 3.63) is 17.7 Å². The predicted molar refractivity (Wildman–Crippen MR) is 78.0 cm³/mol. The SMILES string of the molecule is COc1cc(CNO)cc(NC(=O)OC(C)(C)C)c1OC. The molecule has 0 aromatic heterocycles. The van der Waals surface area contributed by atoms with Gasteiger partial charge in [-0.05, 0) is 38.5 Å². The predicted octanol–water partition coefficient (Wildman–Crippen LogP) is 2.53. The van der Waals surface area contributed by atoms with Crippen LogP contribution in [-0.2, 0) is 11.3 Å². The Morgan fingerprint density at radius 3 is 2.38 bits per heavy atom. The van der Waals surface area contributed by atoms with Crippen LogP contribution in [0.25, 0.3) is 0 Å². The summed E-state index contributed by atoms with van der Waals surface area (Å²) < 4.78 is 15.7. The lowest BCUT2D eigenvalue weighted by Crippen LogP contribution is -2.27. The third kappa shape index (κ3) is 5.13. The Labute approximate surface area is 124 Å². The van der Waals surface area contributed by atoms with Gasteiger partial charge in [-0.3, -0.25) is 5.32 Å². The van der Waals surface area contributed by atoms with Gasteiger partial charge in [0.15, 0.2) is 11.5 Å². The van der Waals surface area contributed by atoms with Crippen LogP contribution in [0.15, 0.2) is 12.1 Å². The van der Waals surface area contributed by atoms with E-state index in [2.05, 4.69) is 10.8 Å². The summed E-state index contributed by atoms with van der Waals surface area (Å²) in [6, 6.07) is 3.36. The maximum atomic E-state index is 11.9. The summed E-state index contributed by atoms with van der Waals surface area (Å²) in [4.78, 5) is 11.9. The molecule has 7 heteroatoms. The Morgan fingerprint density at radius 2 is 1.90 bits per heavy atom. The van der Waals surface area contributed by atoms with E-state index in [0.717, 1.165) is 0 Å². The van der Waals surface area contributed by atoms with E-state index in [1.807, 2.05) is 0 Å². The number of anilines is 1. The Kier molecular flexibility index (Phi) is 5.80. The van der Waals surface area contributed by atoms with Gasteiger partial charge >= 0.3 is 6.09 Å². The second-order valence-corrected chi connectivity index (χ2v) is 5.34. The van der Waals surface area contributed by atoms with Crippen molar-refractivity contribution in [2.45, 2.75) is 32.9 Å². The number of benzene rings is 1.